The number of hydrogen-bond donors (Lipinski definition) is 2. The van der Waals surface area contributed by atoms with Crippen LogP contribution in [0, 0.1) is 5.92 Å². The zero-order valence-electron chi connectivity index (χ0n) is 13.2. The normalized spacial score (nSPS) is 19.0. The van der Waals surface area contributed by atoms with Crippen LogP contribution in [0.5, 0.6) is 0 Å². The van der Waals surface area contributed by atoms with Crippen LogP contribution in [0.4, 0.5) is 11.6 Å². The molecule has 1 aliphatic rings. The Morgan fingerprint density at radius 3 is 2.88 bits per heavy atom. The second kappa shape index (κ2) is 6.16. The summed E-state index contributed by atoms with van der Waals surface area (Å²) in [5, 5.41) is 10.2. The van der Waals surface area contributed by atoms with Gasteiger partial charge in [-0.25, -0.2) is 4.68 Å². The molecule has 2 atom stereocenters. The lowest BCUT2D eigenvalue weighted by Gasteiger charge is -2.33. The third-order valence-electron chi connectivity index (χ3n) is 4.00. The highest BCUT2D eigenvalue weighted by Crippen LogP contribution is 2.36. The van der Waals surface area contributed by atoms with Crippen LogP contribution < -0.4 is 10.6 Å². The van der Waals surface area contributed by atoms with Crippen molar-refractivity contribution in [2.75, 3.05) is 10.6 Å². The number of rotatable bonds is 3. The molecule has 2 unspecified atom stereocenters. The van der Waals surface area contributed by atoms with E-state index >= 15 is 0 Å². The van der Waals surface area contributed by atoms with E-state index in [2.05, 4.69) is 37.3 Å². The minimum absolute atomic E-state index is 0.220. The summed E-state index contributed by atoms with van der Waals surface area (Å²) in [6, 6.07) is 8.66. The number of aromatic nitrogens is 5. The minimum Gasteiger partial charge on any atom is -0.328 e. The predicted molar refractivity (Wildman–Crippen MR) is 91.5 cm³/mol. The fourth-order valence-corrected chi connectivity index (χ4v) is 2.90. The third-order valence-corrected chi connectivity index (χ3v) is 4.00. The van der Waals surface area contributed by atoms with Crippen molar-refractivity contribution >= 4 is 17.5 Å². The van der Waals surface area contributed by atoms with Gasteiger partial charge in [0, 0.05) is 18.1 Å². The average Bonchev–Trinajstić information content (AvgIpc) is 3.10. The molecule has 8 heteroatoms. The number of hydrogen-bond acceptors (Lipinski definition) is 6. The molecule has 124 valence electrons. The summed E-state index contributed by atoms with van der Waals surface area (Å²) in [7, 11) is 0. The molecule has 3 aromatic rings. The molecule has 4 rings (SSSR count). The van der Waals surface area contributed by atoms with Gasteiger partial charge < -0.3 is 10.6 Å². The largest absolute Gasteiger partial charge is 0.328 e. The topological polar surface area (TPSA) is 97.6 Å². The highest BCUT2D eigenvalue weighted by Gasteiger charge is 2.40. The number of pyridine rings is 2. The van der Waals surface area contributed by atoms with Crippen molar-refractivity contribution in [2.45, 2.75) is 6.04 Å². The van der Waals surface area contributed by atoms with E-state index < -0.39 is 12.0 Å². The van der Waals surface area contributed by atoms with Gasteiger partial charge in [-0.3, -0.25) is 14.8 Å². The van der Waals surface area contributed by atoms with Crippen LogP contribution in [0.25, 0.3) is 0 Å². The minimum atomic E-state index is -0.607. The molecule has 0 spiro atoms. The van der Waals surface area contributed by atoms with Gasteiger partial charge in [0.15, 0.2) is 0 Å². The van der Waals surface area contributed by atoms with Gasteiger partial charge in [-0.1, -0.05) is 12.6 Å². The maximum Gasteiger partial charge on any atom is 0.236 e. The van der Waals surface area contributed by atoms with Crippen LogP contribution in [0.15, 0.2) is 67.5 Å². The first kappa shape index (κ1) is 15.0. The van der Waals surface area contributed by atoms with Crippen molar-refractivity contribution in [1.29, 1.82) is 0 Å². The highest BCUT2D eigenvalue weighted by atomic mass is 16.2. The number of nitrogens with zero attached hydrogens (tertiary/aromatic N) is 5. The molecule has 25 heavy (non-hydrogen) atoms. The van der Waals surface area contributed by atoms with E-state index in [1.807, 2.05) is 18.2 Å². The quantitative estimate of drug-likeness (QED) is 0.759. The number of carbonyl (C=O) groups is 1. The van der Waals surface area contributed by atoms with Crippen molar-refractivity contribution in [3.8, 4) is 0 Å². The summed E-state index contributed by atoms with van der Waals surface area (Å²) < 4.78 is 1.66. The Kier molecular flexibility index (Phi) is 3.70. The SMILES string of the molecule is C=C1Nc2ncnn2C(c2ccccn2)C1C(=O)Nc1cccnc1. The van der Waals surface area contributed by atoms with Gasteiger partial charge >= 0.3 is 0 Å². The fourth-order valence-electron chi connectivity index (χ4n) is 2.90. The van der Waals surface area contributed by atoms with Crippen molar-refractivity contribution in [1.82, 2.24) is 24.7 Å². The van der Waals surface area contributed by atoms with E-state index in [4.69, 9.17) is 0 Å². The van der Waals surface area contributed by atoms with Gasteiger partial charge in [-0.15, -0.1) is 0 Å². The summed E-state index contributed by atoms with van der Waals surface area (Å²) in [5.41, 5.74) is 1.87. The standard InChI is InChI=1S/C17H15N7O/c1-11-14(16(25)23-12-5-4-7-18-9-12)15(13-6-2-3-8-19-13)24-17(22-11)20-10-21-24/h2-10,14-15H,1H2,(H,23,25)(H,20,21,22). The van der Waals surface area contributed by atoms with Crippen LogP contribution in [0.2, 0.25) is 0 Å². The molecule has 2 N–H and O–H groups in total. The average molecular weight is 333 g/mol. The third kappa shape index (κ3) is 2.74. The Morgan fingerprint density at radius 2 is 2.12 bits per heavy atom. The smallest absolute Gasteiger partial charge is 0.236 e. The van der Waals surface area contributed by atoms with Gasteiger partial charge in [0.25, 0.3) is 0 Å². The molecule has 0 aromatic carbocycles. The molecule has 0 aliphatic carbocycles. The van der Waals surface area contributed by atoms with E-state index in [0.29, 0.717) is 23.0 Å². The summed E-state index contributed by atoms with van der Waals surface area (Å²) >= 11 is 0. The molecule has 0 saturated carbocycles. The molecule has 0 fully saturated rings. The molecule has 0 saturated heterocycles. The van der Waals surface area contributed by atoms with Crippen molar-refractivity contribution in [3.05, 3.63) is 73.2 Å². The Morgan fingerprint density at radius 1 is 1.20 bits per heavy atom. The maximum absolute atomic E-state index is 13.0. The van der Waals surface area contributed by atoms with E-state index in [9.17, 15) is 4.79 Å². The van der Waals surface area contributed by atoms with Crippen LogP contribution >= 0.6 is 0 Å². The first-order valence-corrected chi connectivity index (χ1v) is 7.71. The van der Waals surface area contributed by atoms with E-state index in [0.717, 1.165) is 0 Å². The van der Waals surface area contributed by atoms with E-state index in [1.165, 1.54) is 6.33 Å². The second-order valence-electron chi connectivity index (χ2n) is 5.59. The molecule has 1 aliphatic heterocycles. The Labute approximate surface area is 143 Å². The molecule has 8 nitrogen and oxygen atoms in total. The van der Waals surface area contributed by atoms with Crippen LogP contribution in [-0.4, -0.2) is 30.6 Å². The molecule has 0 bridgehead atoms. The second-order valence-corrected chi connectivity index (χ2v) is 5.59. The number of carbonyl (C=O) groups excluding carboxylic acids is 1. The summed E-state index contributed by atoms with van der Waals surface area (Å²) in [5.74, 6) is -0.294. The Balaban J connectivity index is 1.74. The summed E-state index contributed by atoms with van der Waals surface area (Å²) in [4.78, 5) is 25.6. The Bertz CT molecular complexity index is 907. The van der Waals surface area contributed by atoms with Crippen molar-refractivity contribution in [3.63, 3.8) is 0 Å². The first-order chi connectivity index (χ1) is 12.2. The molecule has 0 radical (unpaired) electrons. The van der Waals surface area contributed by atoms with Gasteiger partial charge in [-0.2, -0.15) is 10.1 Å². The molecule has 4 heterocycles. The van der Waals surface area contributed by atoms with Gasteiger partial charge in [0.1, 0.15) is 18.3 Å². The number of nitrogens with one attached hydrogen (secondary N) is 2. The van der Waals surface area contributed by atoms with Gasteiger partial charge in [0.05, 0.1) is 17.6 Å². The van der Waals surface area contributed by atoms with Gasteiger partial charge in [-0.05, 0) is 24.3 Å². The molecular weight excluding hydrogens is 318 g/mol. The van der Waals surface area contributed by atoms with Crippen molar-refractivity contribution in [2.24, 2.45) is 5.92 Å². The van der Waals surface area contributed by atoms with Crippen LogP contribution in [-0.2, 0) is 4.79 Å². The lowest BCUT2D eigenvalue weighted by Crippen LogP contribution is -2.39. The molecular formula is C17H15N7O. The predicted octanol–water partition coefficient (Wildman–Crippen LogP) is 1.85. The van der Waals surface area contributed by atoms with Crippen molar-refractivity contribution < 1.29 is 4.79 Å². The number of anilines is 2. The lowest BCUT2D eigenvalue weighted by molar-refractivity contribution is -0.119. The highest BCUT2D eigenvalue weighted by molar-refractivity contribution is 5.95. The first-order valence-electron chi connectivity index (χ1n) is 7.71. The van der Waals surface area contributed by atoms with Gasteiger partial charge in [0.2, 0.25) is 11.9 Å². The molecule has 3 aromatic heterocycles. The number of amides is 1. The maximum atomic E-state index is 13.0. The van der Waals surface area contributed by atoms with Crippen LogP contribution in [0.3, 0.4) is 0 Å². The fraction of sp³-hybridized carbons (Fsp3) is 0.118. The van der Waals surface area contributed by atoms with E-state index in [1.54, 1.807) is 35.4 Å². The summed E-state index contributed by atoms with van der Waals surface area (Å²) in [6.07, 6.45) is 6.36. The lowest BCUT2D eigenvalue weighted by atomic mass is 9.91. The Hall–Kier alpha value is -3.55. The zero-order valence-corrected chi connectivity index (χ0v) is 13.2. The molecule has 1 amide bonds. The monoisotopic (exact) mass is 333 g/mol. The van der Waals surface area contributed by atoms with Crippen LogP contribution in [0.1, 0.15) is 11.7 Å². The zero-order chi connectivity index (χ0) is 17.2. The summed E-state index contributed by atoms with van der Waals surface area (Å²) in [6.45, 7) is 4.02. The van der Waals surface area contributed by atoms with E-state index in [-0.39, 0.29) is 5.91 Å². The number of fused-ring (bicyclic) bond motifs is 1.